The highest BCUT2D eigenvalue weighted by molar-refractivity contribution is 5.77. The van der Waals surface area contributed by atoms with Gasteiger partial charge >= 0.3 is 5.97 Å². The zero-order chi connectivity index (χ0) is 14.6. The zero-order valence-corrected chi connectivity index (χ0v) is 11.2. The summed E-state index contributed by atoms with van der Waals surface area (Å²) in [5.41, 5.74) is 0.391. The van der Waals surface area contributed by atoms with Gasteiger partial charge in [-0.05, 0) is 43.4 Å². The lowest BCUT2D eigenvalue weighted by Crippen LogP contribution is -2.34. The molecule has 1 aliphatic carbocycles. The van der Waals surface area contributed by atoms with Crippen LogP contribution >= 0.6 is 0 Å². The lowest BCUT2D eigenvalue weighted by molar-refractivity contribution is -0.137. The maximum Gasteiger partial charge on any atom is 0.303 e. The second-order valence-electron chi connectivity index (χ2n) is 5.24. The maximum absolute atomic E-state index is 13.2. The summed E-state index contributed by atoms with van der Waals surface area (Å²) in [6.45, 7) is 0. The van der Waals surface area contributed by atoms with Crippen LogP contribution in [-0.4, -0.2) is 17.0 Å². The number of carboxylic acids is 1. The molecular formula is C15H18FNO3. The number of hydrogen-bond acceptors (Lipinski definition) is 2. The molecule has 0 aromatic heterocycles. The van der Waals surface area contributed by atoms with Crippen LogP contribution in [0, 0.1) is 5.82 Å². The predicted octanol–water partition coefficient (Wildman–Crippen LogP) is 2.58. The first-order valence-electron chi connectivity index (χ1n) is 6.81. The van der Waals surface area contributed by atoms with Crippen LogP contribution in [0.25, 0.3) is 0 Å². The Morgan fingerprint density at radius 3 is 2.55 bits per heavy atom. The monoisotopic (exact) mass is 279 g/mol. The number of carboxylic acid groups (broad SMARTS) is 1. The summed E-state index contributed by atoms with van der Waals surface area (Å²) in [7, 11) is 0. The van der Waals surface area contributed by atoms with Gasteiger partial charge in [0.25, 0.3) is 0 Å². The Kier molecular flexibility index (Phi) is 4.37. The average Bonchev–Trinajstić information content (AvgIpc) is 3.15. The molecule has 0 atom stereocenters. The number of amides is 1. The number of rotatable bonds is 7. The largest absolute Gasteiger partial charge is 0.481 e. The topological polar surface area (TPSA) is 66.4 Å². The van der Waals surface area contributed by atoms with Crippen molar-refractivity contribution in [3.8, 4) is 0 Å². The van der Waals surface area contributed by atoms with Gasteiger partial charge in [0.1, 0.15) is 5.82 Å². The van der Waals surface area contributed by atoms with Crippen LogP contribution in [0.5, 0.6) is 0 Å². The Bertz CT molecular complexity index is 512. The van der Waals surface area contributed by atoms with Gasteiger partial charge in [0, 0.05) is 12.8 Å². The van der Waals surface area contributed by atoms with Crippen molar-refractivity contribution in [2.24, 2.45) is 0 Å². The Morgan fingerprint density at radius 2 is 1.95 bits per heavy atom. The SMILES string of the molecule is O=C(O)CCCCC(=O)NC1(c2cccc(F)c2)CC1. The fourth-order valence-electron chi connectivity index (χ4n) is 2.29. The van der Waals surface area contributed by atoms with Crippen molar-refractivity contribution in [2.75, 3.05) is 0 Å². The van der Waals surface area contributed by atoms with Crippen molar-refractivity contribution >= 4 is 11.9 Å². The first-order chi connectivity index (χ1) is 9.52. The number of benzene rings is 1. The van der Waals surface area contributed by atoms with Crippen LogP contribution < -0.4 is 5.32 Å². The number of nitrogens with one attached hydrogen (secondary N) is 1. The van der Waals surface area contributed by atoms with Gasteiger partial charge in [-0.1, -0.05) is 12.1 Å². The van der Waals surface area contributed by atoms with Crippen molar-refractivity contribution in [3.63, 3.8) is 0 Å². The van der Waals surface area contributed by atoms with Gasteiger partial charge in [-0.15, -0.1) is 0 Å². The van der Waals surface area contributed by atoms with Gasteiger partial charge in [-0.3, -0.25) is 9.59 Å². The molecule has 1 fully saturated rings. The Labute approximate surface area is 117 Å². The van der Waals surface area contributed by atoms with Crippen LogP contribution in [0.3, 0.4) is 0 Å². The van der Waals surface area contributed by atoms with Gasteiger partial charge in [0.2, 0.25) is 5.91 Å². The fourth-order valence-corrected chi connectivity index (χ4v) is 2.29. The van der Waals surface area contributed by atoms with Crippen molar-refractivity contribution in [2.45, 2.75) is 44.1 Å². The van der Waals surface area contributed by atoms with Gasteiger partial charge in [0.15, 0.2) is 0 Å². The van der Waals surface area contributed by atoms with E-state index in [0.29, 0.717) is 19.3 Å². The lowest BCUT2D eigenvalue weighted by atomic mass is 10.0. The van der Waals surface area contributed by atoms with E-state index in [4.69, 9.17) is 5.11 Å². The molecule has 0 unspecified atom stereocenters. The first-order valence-corrected chi connectivity index (χ1v) is 6.81. The van der Waals surface area contributed by atoms with Crippen molar-refractivity contribution in [1.29, 1.82) is 0 Å². The molecule has 4 nitrogen and oxygen atoms in total. The van der Waals surface area contributed by atoms with E-state index in [0.717, 1.165) is 18.4 Å². The third-order valence-electron chi connectivity index (χ3n) is 3.55. The molecule has 0 aliphatic heterocycles. The molecule has 0 spiro atoms. The van der Waals surface area contributed by atoms with Gasteiger partial charge in [-0.25, -0.2) is 4.39 Å². The highest BCUT2D eigenvalue weighted by atomic mass is 19.1. The van der Waals surface area contributed by atoms with E-state index in [1.807, 2.05) is 6.07 Å². The molecule has 0 bridgehead atoms. The minimum Gasteiger partial charge on any atom is -0.481 e. The van der Waals surface area contributed by atoms with Crippen LogP contribution in [0.1, 0.15) is 44.1 Å². The number of carbonyl (C=O) groups is 2. The molecule has 0 heterocycles. The van der Waals surface area contributed by atoms with E-state index < -0.39 is 11.5 Å². The maximum atomic E-state index is 13.2. The molecule has 5 heteroatoms. The lowest BCUT2D eigenvalue weighted by Gasteiger charge is -2.18. The average molecular weight is 279 g/mol. The minimum atomic E-state index is -0.844. The predicted molar refractivity (Wildman–Crippen MR) is 71.6 cm³/mol. The number of aliphatic carboxylic acids is 1. The van der Waals surface area contributed by atoms with E-state index in [1.165, 1.54) is 12.1 Å². The molecule has 2 rings (SSSR count). The zero-order valence-electron chi connectivity index (χ0n) is 11.2. The highest BCUT2D eigenvalue weighted by Gasteiger charge is 2.45. The third kappa shape index (κ3) is 3.79. The Morgan fingerprint density at radius 1 is 1.25 bits per heavy atom. The molecular weight excluding hydrogens is 261 g/mol. The standard InChI is InChI=1S/C15H18FNO3/c16-12-5-3-4-11(10-12)15(8-9-15)17-13(18)6-1-2-7-14(19)20/h3-5,10H,1-2,6-9H2,(H,17,18)(H,19,20). The molecule has 108 valence electrons. The molecule has 0 saturated heterocycles. The van der Waals surface area contributed by atoms with Crippen LogP contribution in [0.4, 0.5) is 4.39 Å². The summed E-state index contributed by atoms with van der Waals surface area (Å²) in [5.74, 6) is -1.24. The number of halogens is 1. The summed E-state index contributed by atoms with van der Waals surface area (Å²) in [6.07, 6.45) is 3.08. The number of hydrogen-bond donors (Lipinski definition) is 2. The van der Waals surface area contributed by atoms with Crippen molar-refractivity contribution in [1.82, 2.24) is 5.32 Å². The molecule has 1 aromatic rings. The summed E-state index contributed by atoms with van der Waals surface area (Å²) < 4.78 is 13.2. The molecule has 2 N–H and O–H groups in total. The fraction of sp³-hybridized carbons (Fsp3) is 0.467. The van der Waals surface area contributed by atoms with Crippen molar-refractivity contribution < 1.29 is 19.1 Å². The van der Waals surface area contributed by atoms with Gasteiger partial charge < -0.3 is 10.4 Å². The highest BCUT2D eigenvalue weighted by Crippen LogP contribution is 2.45. The van der Waals surface area contributed by atoms with Crippen LogP contribution in [0.2, 0.25) is 0 Å². The molecule has 1 aromatic carbocycles. The quantitative estimate of drug-likeness (QED) is 0.754. The van der Waals surface area contributed by atoms with E-state index >= 15 is 0 Å². The second-order valence-corrected chi connectivity index (χ2v) is 5.24. The third-order valence-corrected chi connectivity index (χ3v) is 3.55. The van der Waals surface area contributed by atoms with Crippen molar-refractivity contribution in [3.05, 3.63) is 35.6 Å². The second kappa shape index (κ2) is 6.03. The van der Waals surface area contributed by atoms with Crippen LogP contribution in [-0.2, 0) is 15.1 Å². The van der Waals surface area contributed by atoms with E-state index in [2.05, 4.69) is 5.32 Å². The molecule has 1 amide bonds. The summed E-state index contributed by atoms with van der Waals surface area (Å²) in [4.78, 5) is 22.2. The minimum absolute atomic E-state index is 0.0856. The van der Waals surface area contributed by atoms with E-state index in [-0.39, 0.29) is 18.1 Å². The summed E-state index contributed by atoms with van der Waals surface area (Å²) in [5, 5.41) is 11.5. The summed E-state index contributed by atoms with van der Waals surface area (Å²) >= 11 is 0. The number of unbranched alkanes of at least 4 members (excludes halogenated alkanes) is 1. The van der Waals surface area contributed by atoms with Gasteiger partial charge in [0.05, 0.1) is 5.54 Å². The smallest absolute Gasteiger partial charge is 0.303 e. The molecule has 20 heavy (non-hydrogen) atoms. The first kappa shape index (κ1) is 14.5. The Balaban J connectivity index is 1.83. The van der Waals surface area contributed by atoms with Gasteiger partial charge in [-0.2, -0.15) is 0 Å². The Hall–Kier alpha value is -1.91. The van der Waals surface area contributed by atoms with Crippen LogP contribution in [0.15, 0.2) is 24.3 Å². The van der Waals surface area contributed by atoms with E-state index in [1.54, 1.807) is 6.07 Å². The molecule has 0 radical (unpaired) electrons. The molecule has 1 aliphatic rings. The normalized spacial score (nSPS) is 15.7. The van der Waals surface area contributed by atoms with E-state index in [9.17, 15) is 14.0 Å². The number of carbonyl (C=O) groups excluding carboxylic acids is 1. The molecule has 1 saturated carbocycles. The summed E-state index contributed by atoms with van der Waals surface area (Å²) in [6, 6.07) is 6.30.